The van der Waals surface area contributed by atoms with Gasteiger partial charge in [-0.1, -0.05) is 36.8 Å². The minimum atomic E-state index is -3.78. The van der Waals surface area contributed by atoms with Crippen LogP contribution in [0.4, 0.5) is 5.69 Å². The molecule has 192 valence electrons. The molecular formula is C26H37N3O5S. The minimum absolute atomic E-state index is 0.0937. The Kier molecular flexibility index (Phi) is 10.1. The molecule has 0 radical (unpaired) electrons. The van der Waals surface area contributed by atoms with Gasteiger partial charge in [-0.15, -0.1) is 0 Å². The van der Waals surface area contributed by atoms with Gasteiger partial charge in [-0.2, -0.15) is 0 Å². The SMILES string of the molecule is CCOc1ccc(N(CC(=O)N(Cc2cccc(C)c2)[C@H](CC)C(=O)NC(C)C)S(C)(=O)=O)cc1. The van der Waals surface area contributed by atoms with Crippen LogP contribution in [0.3, 0.4) is 0 Å². The smallest absolute Gasteiger partial charge is 0.244 e. The summed E-state index contributed by atoms with van der Waals surface area (Å²) in [7, 11) is -3.78. The van der Waals surface area contributed by atoms with Crippen molar-refractivity contribution in [3.63, 3.8) is 0 Å². The van der Waals surface area contributed by atoms with E-state index in [2.05, 4.69) is 5.32 Å². The van der Waals surface area contributed by atoms with E-state index in [1.807, 2.05) is 58.9 Å². The standard InChI is InChI=1S/C26H37N3O5S/c1-7-24(26(31)27-19(3)4)28(17-21-11-9-10-20(5)16-21)25(30)18-29(35(6,32)33)22-12-14-23(15-13-22)34-8-2/h9-16,19,24H,7-8,17-18H2,1-6H3,(H,27,31)/t24-/m1/s1. The first kappa shape index (κ1) is 28.2. The number of carbonyl (C=O) groups excluding carboxylic acids is 2. The molecule has 8 nitrogen and oxygen atoms in total. The van der Waals surface area contributed by atoms with Gasteiger partial charge in [0.15, 0.2) is 0 Å². The van der Waals surface area contributed by atoms with Crippen molar-refractivity contribution in [2.45, 2.75) is 59.7 Å². The summed E-state index contributed by atoms with van der Waals surface area (Å²) in [5.41, 5.74) is 2.24. The summed E-state index contributed by atoms with van der Waals surface area (Å²) in [6.45, 7) is 9.60. The van der Waals surface area contributed by atoms with Crippen LogP contribution in [0.1, 0.15) is 45.2 Å². The van der Waals surface area contributed by atoms with E-state index in [4.69, 9.17) is 4.74 Å². The first-order valence-corrected chi connectivity index (χ1v) is 13.7. The molecule has 2 aromatic carbocycles. The van der Waals surface area contributed by atoms with Crippen LogP contribution in [0, 0.1) is 6.92 Å². The Morgan fingerprint density at radius 2 is 1.71 bits per heavy atom. The Bertz CT molecular complexity index is 1100. The van der Waals surface area contributed by atoms with Crippen LogP contribution in [0.25, 0.3) is 0 Å². The third-order valence-corrected chi connectivity index (χ3v) is 6.51. The highest BCUT2D eigenvalue weighted by Gasteiger charge is 2.32. The number of ether oxygens (including phenoxy) is 1. The van der Waals surface area contributed by atoms with E-state index >= 15 is 0 Å². The van der Waals surface area contributed by atoms with Crippen LogP contribution < -0.4 is 14.4 Å². The second kappa shape index (κ2) is 12.6. The lowest BCUT2D eigenvalue weighted by Crippen LogP contribution is -2.53. The molecule has 2 rings (SSSR count). The molecule has 2 aromatic rings. The number of aryl methyl sites for hydroxylation is 1. The lowest BCUT2D eigenvalue weighted by molar-refractivity contribution is -0.140. The summed E-state index contributed by atoms with van der Waals surface area (Å²) >= 11 is 0. The van der Waals surface area contributed by atoms with Gasteiger partial charge >= 0.3 is 0 Å². The van der Waals surface area contributed by atoms with Gasteiger partial charge in [0, 0.05) is 12.6 Å². The van der Waals surface area contributed by atoms with Gasteiger partial charge in [-0.25, -0.2) is 8.42 Å². The highest BCUT2D eigenvalue weighted by Crippen LogP contribution is 2.23. The second-order valence-electron chi connectivity index (χ2n) is 8.79. The van der Waals surface area contributed by atoms with Crippen molar-refractivity contribution in [1.29, 1.82) is 0 Å². The number of anilines is 1. The Labute approximate surface area is 209 Å². The fourth-order valence-corrected chi connectivity index (χ4v) is 4.65. The van der Waals surface area contributed by atoms with Crippen molar-refractivity contribution < 1.29 is 22.7 Å². The number of rotatable bonds is 12. The number of nitrogens with one attached hydrogen (secondary N) is 1. The lowest BCUT2D eigenvalue weighted by atomic mass is 10.1. The van der Waals surface area contributed by atoms with Gasteiger partial charge in [0.1, 0.15) is 18.3 Å². The maximum Gasteiger partial charge on any atom is 0.244 e. The largest absolute Gasteiger partial charge is 0.494 e. The number of amides is 2. The summed E-state index contributed by atoms with van der Waals surface area (Å²) in [4.78, 5) is 28.1. The van der Waals surface area contributed by atoms with E-state index < -0.39 is 28.5 Å². The topological polar surface area (TPSA) is 96.0 Å². The van der Waals surface area contributed by atoms with Crippen molar-refractivity contribution in [2.24, 2.45) is 0 Å². The zero-order valence-corrected chi connectivity index (χ0v) is 22.3. The van der Waals surface area contributed by atoms with Crippen molar-refractivity contribution in [3.05, 3.63) is 59.7 Å². The minimum Gasteiger partial charge on any atom is -0.494 e. The molecule has 0 saturated carbocycles. The molecule has 2 amide bonds. The third-order valence-electron chi connectivity index (χ3n) is 5.37. The van der Waals surface area contributed by atoms with E-state index in [1.165, 1.54) is 4.90 Å². The Morgan fingerprint density at radius 1 is 1.06 bits per heavy atom. The quantitative estimate of drug-likeness (QED) is 0.478. The van der Waals surface area contributed by atoms with Crippen LogP contribution in [0.2, 0.25) is 0 Å². The van der Waals surface area contributed by atoms with E-state index in [-0.39, 0.29) is 18.5 Å². The van der Waals surface area contributed by atoms with Gasteiger partial charge in [-0.3, -0.25) is 13.9 Å². The molecule has 0 heterocycles. The zero-order chi connectivity index (χ0) is 26.2. The number of hydrogen-bond acceptors (Lipinski definition) is 5. The molecule has 1 atom stereocenters. The lowest BCUT2D eigenvalue weighted by Gasteiger charge is -2.33. The number of sulfonamides is 1. The highest BCUT2D eigenvalue weighted by atomic mass is 32.2. The van der Waals surface area contributed by atoms with Crippen LogP contribution >= 0.6 is 0 Å². The number of benzene rings is 2. The average Bonchev–Trinajstić information content (AvgIpc) is 2.77. The summed E-state index contributed by atoms with van der Waals surface area (Å²) < 4.78 is 31.8. The average molecular weight is 504 g/mol. The van der Waals surface area contributed by atoms with Crippen LogP contribution in [-0.4, -0.2) is 56.6 Å². The van der Waals surface area contributed by atoms with Crippen LogP contribution in [0.15, 0.2) is 48.5 Å². The van der Waals surface area contributed by atoms with E-state index in [9.17, 15) is 18.0 Å². The summed E-state index contributed by atoms with van der Waals surface area (Å²) in [5, 5.41) is 2.88. The molecule has 0 saturated heterocycles. The zero-order valence-electron chi connectivity index (χ0n) is 21.4. The van der Waals surface area contributed by atoms with Crippen LogP contribution in [-0.2, 0) is 26.2 Å². The second-order valence-corrected chi connectivity index (χ2v) is 10.7. The van der Waals surface area contributed by atoms with Crippen molar-refractivity contribution in [1.82, 2.24) is 10.2 Å². The summed E-state index contributed by atoms with van der Waals surface area (Å²) in [6.07, 6.45) is 1.45. The molecule has 0 spiro atoms. The molecule has 0 fully saturated rings. The van der Waals surface area contributed by atoms with Crippen molar-refractivity contribution in [2.75, 3.05) is 23.7 Å². The monoisotopic (exact) mass is 503 g/mol. The Balaban J connectivity index is 2.42. The van der Waals surface area contributed by atoms with E-state index in [0.29, 0.717) is 24.5 Å². The molecule has 0 unspecified atom stereocenters. The predicted molar refractivity (Wildman–Crippen MR) is 139 cm³/mol. The van der Waals surface area contributed by atoms with Crippen molar-refractivity contribution >= 4 is 27.5 Å². The molecule has 0 aromatic heterocycles. The first-order valence-electron chi connectivity index (χ1n) is 11.8. The normalized spacial score (nSPS) is 12.2. The van der Waals surface area contributed by atoms with E-state index in [0.717, 1.165) is 21.7 Å². The Hall–Kier alpha value is -3.07. The maximum atomic E-state index is 13.6. The van der Waals surface area contributed by atoms with Gasteiger partial charge in [0.25, 0.3) is 0 Å². The van der Waals surface area contributed by atoms with Crippen molar-refractivity contribution in [3.8, 4) is 5.75 Å². The summed E-state index contributed by atoms with van der Waals surface area (Å²) in [5.74, 6) is -0.124. The fourth-order valence-electron chi connectivity index (χ4n) is 3.80. The Morgan fingerprint density at radius 3 is 2.23 bits per heavy atom. The number of hydrogen-bond donors (Lipinski definition) is 1. The van der Waals surface area contributed by atoms with Crippen LogP contribution in [0.5, 0.6) is 5.75 Å². The third kappa shape index (κ3) is 8.28. The highest BCUT2D eigenvalue weighted by molar-refractivity contribution is 7.92. The predicted octanol–water partition coefficient (Wildman–Crippen LogP) is 3.49. The van der Waals surface area contributed by atoms with Gasteiger partial charge in [-0.05, 0) is 63.9 Å². The van der Waals surface area contributed by atoms with Gasteiger partial charge in [0.05, 0.1) is 18.6 Å². The maximum absolute atomic E-state index is 13.6. The molecule has 0 aliphatic heterocycles. The first-order chi connectivity index (χ1) is 16.5. The van der Waals surface area contributed by atoms with E-state index in [1.54, 1.807) is 24.3 Å². The molecule has 0 bridgehead atoms. The summed E-state index contributed by atoms with van der Waals surface area (Å²) in [6, 6.07) is 13.4. The van der Waals surface area contributed by atoms with Gasteiger partial charge in [0.2, 0.25) is 21.8 Å². The number of nitrogens with zero attached hydrogens (tertiary/aromatic N) is 2. The molecule has 0 aliphatic rings. The molecule has 1 N–H and O–H groups in total. The number of carbonyl (C=O) groups is 2. The van der Waals surface area contributed by atoms with Gasteiger partial charge < -0.3 is 15.0 Å². The molecular weight excluding hydrogens is 466 g/mol. The molecule has 9 heteroatoms. The molecule has 35 heavy (non-hydrogen) atoms. The fraction of sp³-hybridized carbons (Fsp3) is 0.462. The molecule has 0 aliphatic carbocycles.